The Morgan fingerprint density at radius 3 is 3.04 bits per heavy atom. The van der Waals surface area contributed by atoms with Crippen molar-refractivity contribution in [2.45, 2.75) is 38.3 Å². The normalized spacial score (nSPS) is 19.4. The summed E-state index contributed by atoms with van der Waals surface area (Å²) < 4.78 is 19.2. The predicted octanol–water partition coefficient (Wildman–Crippen LogP) is 1.94. The fraction of sp³-hybridized carbons (Fsp3) is 0.588. The van der Waals surface area contributed by atoms with E-state index in [-0.39, 0.29) is 30.6 Å². The van der Waals surface area contributed by atoms with Crippen LogP contribution >= 0.6 is 0 Å². The molecule has 2 atom stereocenters. The number of benzene rings is 1. The Bertz CT molecular complexity index is 512. The average molecular weight is 324 g/mol. The van der Waals surface area contributed by atoms with Gasteiger partial charge in [-0.3, -0.25) is 0 Å². The molecule has 2 rings (SSSR count). The summed E-state index contributed by atoms with van der Waals surface area (Å²) >= 11 is 0. The third-order valence-corrected chi connectivity index (χ3v) is 3.96. The standard InChI is InChI=1S/C17H25FN2O3/c1-13(11-14-5-2-3-7-16(14)18)19-17(22)20-8-4-6-15(12-20)23-10-9-21/h2-3,5,7,13,15,21H,4,6,8-12H2,1H3,(H,19,22)/t13-,15+/m1/s1. The number of halogens is 1. The number of ether oxygens (including phenoxy) is 1. The minimum Gasteiger partial charge on any atom is -0.394 e. The summed E-state index contributed by atoms with van der Waals surface area (Å²) in [4.78, 5) is 14.0. The van der Waals surface area contributed by atoms with E-state index in [0.29, 0.717) is 31.7 Å². The van der Waals surface area contributed by atoms with Gasteiger partial charge in [0.25, 0.3) is 0 Å². The lowest BCUT2D eigenvalue weighted by molar-refractivity contribution is -0.00595. The minimum atomic E-state index is -0.246. The second-order valence-electron chi connectivity index (χ2n) is 5.95. The van der Waals surface area contributed by atoms with Crippen molar-refractivity contribution in [3.05, 3.63) is 35.6 Å². The summed E-state index contributed by atoms with van der Waals surface area (Å²) in [6, 6.07) is 6.31. The summed E-state index contributed by atoms with van der Waals surface area (Å²) in [5.41, 5.74) is 0.600. The summed E-state index contributed by atoms with van der Waals surface area (Å²) in [5.74, 6) is -0.246. The molecular formula is C17H25FN2O3. The number of nitrogens with one attached hydrogen (secondary N) is 1. The molecule has 1 aromatic rings. The van der Waals surface area contributed by atoms with Gasteiger partial charge in [-0.05, 0) is 37.8 Å². The number of amides is 2. The molecule has 1 aliphatic heterocycles. The van der Waals surface area contributed by atoms with Crippen molar-refractivity contribution in [2.75, 3.05) is 26.3 Å². The molecule has 1 aromatic carbocycles. The van der Waals surface area contributed by atoms with Gasteiger partial charge in [0.15, 0.2) is 0 Å². The van der Waals surface area contributed by atoms with Gasteiger partial charge in [0.05, 0.1) is 19.3 Å². The number of nitrogens with zero attached hydrogens (tertiary/aromatic N) is 1. The highest BCUT2D eigenvalue weighted by Gasteiger charge is 2.24. The molecule has 0 unspecified atom stereocenters. The van der Waals surface area contributed by atoms with Crippen LogP contribution in [-0.2, 0) is 11.2 Å². The number of aliphatic hydroxyl groups is 1. The van der Waals surface area contributed by atoms with Gasteiger partial charge in [0, 0.05) is 19.1 Å². The van der Waals surface area contributed by atoms with Crippen molar-refractivity contribution in [2.24, 2.45) is 0 Å². The summed E-state index contributed by atoms with van der Waals surface area (Å²) in [5, 5.41) is 11.7. The third kappa shape index (κ3) is 5.48. The first-order valence-corrected chi connectivity index (χ1v) is 8.11. The highest BCUT2D eigenvalue weighted by molar-refractivity contribution is 5.74. The topological polar surface area (TPSA) is 61.8 Å². The molecule has 0 aliphatic carbocycles. The lowest BCUT2D eigenvalue weighted by Gasteiger charge is -2.33. The SMILES string of the molecule is C[C@H](Cc1ccccc1F)NC(=O)N1CCC[C@H](OCCO)C1. The van der Waals surface area contributed by atoms with Gasteiger partial charge in [-0.15, -0.1) is 0 Å². The van der Waals surface area contributed by atoms with Crippen LogP contribution in [0.4, 0.5) is 9.18 Å². The van der Waals surface area contributed by atoms with E-state index in [0.717, 1.165) is 12.8 Å². The number of rotatable bonds is 6. The molecule has 5 nitrogen and oxygen atoms in total. The molecular weight excluding hydrogens is 299 g/mol. The van der Waals surface area contributed by atoms with E-state index in [1.807, 2.05) is 6.92 Å². The van der Waals surface area contributed by atoms with Gasteiger partial charge in [-0.2, -0.15) is 0 Å². The zero-order valence-corrected chi connectivity index (χ0v) is 13.5. The van der Waals surface area contributed by atoms with Gasteiger partial charge < -0.3 is 20.1 Å². The van der Waals surface area contributed by atoms with Crippen LogP contribution in [0.3, 0.4) is 0 Å². The lowest BCUT2D eigenvalue weighted by Crippen LogP contribution is -2.50. The molecule has 0 aromatic heterocycles. The van der Waals surface area contributed by atoms with Crippen molar-refractivity contribution >= 4 is 6.03 Å². The van der Waals surface area contributed by atoms with E-state index in [1.165, 1.54) is 6.07 Å². The smallest absolute Gasteiger partial charge is 0.317 e. The van der Waals surface area contributed by atoms with Crippen molar-refractivity contribution in [3.8, 4) is 0 Å². The van der Waals surface area contributed by atoms with Gasteiger partial charge in [-0.25, -0.2) is 9.18 Å². The zero-order chi connectivity index (χ0) is 16.7. The second-order valence-corrected chi connectivity index (χ2v) is 5.95. The Labute approximate surface area is 136 Å². The van der Waals surface area contributed by atoms with Crippen LogP contribution in [0, 0.1) is 5.82 Å². The molecule has 1 heterocycles. The fourth-order valence-corrected chi connectivity index (χ4v) is 2.82. The number of carbonyl (C=O) groups is 1. The first-order chi connectivity index (χ1) is 11.1. The number of likely N-dealkylation sites (tertiary alicyclic amines) is 1. The van der Waals surface area contributed by atoms with E-state index >= 15 is 0 Å². The summed E-state index contributed by atoms with van der Waals surface area (Å²) in [6.07, 6.45) is 2.21. The van der Waals surface area contributed by atoms with Crippen molar-refractivity contribution in [3.63, 3.8) is 0 Å². The van der Waals surface area contributed by atoms with E-state index in [4.69, 9.17) is 9.84 Å². The van der Waals surface area contributed by atoms with E-state index in [9.17, 15) is 9.18 Å². The lowest BCUT2D eigenvalue weighted by atomic mass is 10.1. The van der Waals surface area contributed by atoms with Crippen molar-refractivity contribution in [1.29, 1.82) is 0 Å². The van der Waals surface area contributed by atoms with Gasteiger partial charge in [-0.1, -0.05) is 18.2 Å². The quantitative estimate of drug-likeness (QED) is 0.841. The number of hydrogen-bond acceptors (Lipinski definition) is 3. The number of piperidine rings is 1. The van der Waals surface area contributed by atoms with Crippen molar-refractivity contribution < 1.29 is 19.0 Å². The van der Waals surface area contributed by atoms with Crippen LogP contribution in [-0.4, -0.2) is 54.5 Å². The Kier molecular flexibility index (Phi) is 6.80. The van der Waals surface area contributed by atoms with E-state index < -0.39 is 0 Å². The fourth-order valence-electron chi connectivity index (χ4n) is 2.82. The second kappa shape index (κ2) is 8.84. The summed E-state index contributed by atoms with van der Waals surface area (Å²) in [6.45, 7) is 3.37. The summed E-state index contributed by atoms with van der Waals surface area (Å²) in [7, 11) is 0. The molecule has 1 fully saturated rings. The maximum absolute atomic E-state index is 13.7. The molecule has 0 saturated carbocycles. The highest BCUT2D eigenvalue weighted by Crippen LogP contribution is 2.14. The molecule has 6 heteroatoms. The van der Waals surface area contributed by atoms with Gasteiger partial charge in [0.2, 0.25) is 0 Å². The Hall–Kier alpha value is -1.66. The van der Waals surface area contributed by atoms with Gasteiger partial charge >= 0.3 is 6.03 Å². The third-order valence-electron chi connectivity index (χ3n) is 3.96. The van der Waals surface area contributed by atoms with Crippen LogP contribution in [0.5, 0.6) is 0 Å². The average Bonchev–Trinajstić information content (AvgIpc) is 2.55. The maximum Gasteiger partial charge on any atom is 0.317 e. The highest BCUT2D eigenvalue weighted by atomic mass is 19.1. The first kappa shape index (κ1) is 17.7. The zero-order valence-electron chi connectivity index (χ0n) is 13.5. The van der Waals surface area contributed by atoms with Crippen LogP contribution < -0.4 is 5.32 Å². The molecule has 128 valence electrons. The largest absolute Gasteiger partial charge is 0.394 e. The molecule has 0 spiro atoms. The van der Waals surface area contributed by atoms with E-state index in [1.54, 1.807) is 23.1 Å². The molecule has 2 N–H and O–H groups in total. The maximum atomic E-state index is 13.7. The van der Waals surface area contributed by atoms with Crippen molar-refractivity contribution in [1.82, 2.24) is 10.2 Å². The molecule has 2 amide bonds. The Morgan fingerprint density at radius 1 is 1.52 bits per heavy atom. The Balaban J connectivity index is 1.82. The van der Waals surface area contributed by atoms with E-state index in [2.05, 4.69) is 5.32 Å². The van der Waals surface area contributed by atoms with Crippen LogP contribution in [0.25, 0.3) is 0 Å². The molecule has 0 bridgehead atoms. The molecule has 1 saturated heterocycles. The number of aliphatic hydroxyl groups excluding tert-OH is 1. The number of urea groups is 1. The molecule has 23 heavy (non-hydrogen) atoms. The Morgan fingerprint density at radius 2 is 2.30 bits per heavy atom. The number of carbonyl (C=O) groups excluding carboxylic acids is 1. The predicted molar refractivity (Wildman–Crippen MR) is 85.7 cm³/mol. The molecule has 0 radical (unpaired) electrons. The molecule has 1 aliphatic rings. The van der Waals surface area contributed by atoms with Crippen LogP contribution in [0.1, 0.15) is 25.3 Å². The minimum absolute atomic E-state index is 0.0115. The van der Waals surface area contributed by atoms with Crippen LogP contribution in [0.15, 0.2) is 24.3 Å². The van der Waals surface area contributed by atoms with Gasteiger partial charge in [0.1, 0.15) is 5.82 Å². The monoisotopic (exact) mass is 324 g/mol. The van der Waals surface area contributed by atoms with Crippen LogP contribution in [0.2, 0.25) is 0 Å². The number of hydrogen-bond donors (Lipinski definition) is 2. The first-order valence-electron chi connectivity index (χ1n) is 8.11.